The van der Waals surface area contributed by atoms with E-state index in [0.29, 0.717) is 23.8 Å². The van der Waals surface area contributed by atoms with Crippen LogP contribution in [0.15, 0.2) is 41.1 Å². The van der Waals surface area contributed by atoms with Crippen LogP contribution in [0.3, 0.4) is 0 Å². The van der Waals surface area contributed by atoms with Gasteiger partial charge in [0.2, 0.25) is 5.89 Å². The number of nitrogens with zero attached hydrogens (tertiary/aromatic N) is 4. The van der Waals surface area contributed by atoms with E-state index >= 15 is 0 Å². The molecule has 3 aromatic heterocycles. The van der Waals surface area contributed by atoms with Crippen molar-refractivity contribution in [2.75, 3.05) is 25.9 Å². The van der Waals surface area contributed by atoms with Gasteiger partial charge in [0.25, 0.3) is 0 Å². The number of oxazole rings is 1. The van der Waals surface area contributed by atoms with E-state index in [0.717, 1.165) is 42.8 Å². The van der Waals surface area contributed by atoms with Gasteiger partial charge < -0.3 is 20.2 Å². The van der Waals surface area contributed by atoms with E-state index in [9.17, 15) is 4.39 Å². The summed E-state index contributed by atoms with van der Waals surface area (Å²) in [6.07, 6.45) is 5.78. The van der Waals surface area contributed by atoms with Gasteiger partial charge in [-0.05, 0) is 44.1 Å². The number of halogens is 1. The SMILES string of the molecule is COCc1nn(C2CCNCC2)cc1-c1cnc(N)c(-c2nc3c(F)cccc3o2)c1. The van der Waals surface area contributed by atoms with E-state index < -0.39 is 5.82 Å². The number of piperidine rings is 1. The molecule has 0 amide bonds. The quantitative estimate of drug-likeness (QED) is 0.507. The zero-order valence-corrected chi connectivity index (χ0v) is 17.1. The van der Waals surface area contributed by atoms with Gasteiger partial charge in [0.05, 0.1) is 23.9 Å². The largest absolute Gasteiger partial charge is 0.436 e. The maximum atomic E-state index is 14.1. The molecule has 1 aromatic carbocycles. The first kappa shape index (κ1) is 19.7. The third-order valence-corrected chi connectivity index (χ3v) is 5.60. The van der Waals surface area contributed by atoms with Gasteiger partial charge in [0.1, 0.15) is 11.3 Å². The van der Waals surface area contributed by atoms with Crippen LogP contribution in [0, 0.1) is 5.82 Å². The van der Waals surface area contributed by atoms with Gasteiger partial charge in [0.15, 0.2) is 11.4 Å². The molecule has 0 aliphatic carbocycles. The number of hydrogen-bond donors (Lipinski definition) is 2. The molecule has 9 heteroatoms. The average molecular weight is 422 g/mol. The normalized spacial score (nSPS) is 15.0. The Labute approximate surface area is 178 Å². The summed E-state index contributed by atoms with van der Waals surface area (Å²) in [5.41, 5.74) is 9.71. The van der Waals surface area contributed by atoms with Crippen molar-refractivity contribution in [2.45, 2.75) is 25.5 Å². The lowest BCUT2D eigenvalue weighted by atomic mass is 10.1. The summed E-state index contributed by atoms with van der Waals surface area (Å²) in [5.74, 6) is 0.0431. The molecule has 1 fully saturated rings. The molecule has 1 aliphatic heterocycles. The minimum atomic E-state index is -0.444. The van der Waals surface area contributed by atoms with Crippen LogP contribution in [0.5, 0.6) is 0 Å². The molecule has 5 rings (SSSR count). The molecular formula is C22H23FN6O2. The van der Waals surface area contributed by atoms with Crippen LogP contribution in [0.4, 0.5) is 10.2 Å². The van der Waals surface area contributed by atoms with Gasteiger partial charge in [-0.3, -0.25) is 4.68 Å². The van der Waals surface area contributed by atoms with Crippen LogP contribution in [0.2, 0.25) is 0 Å². The maximum absolute atomic E-state index is 14.1. The number of nitrogens with two attached hydrogens (primary N) is 1. The molecule has 1 saturated heterocycles. The van der Waals surface area contributed by atoms with E-state index in [2.05, 4.69) is 15.3 Å². The standard InChI is InChI=1S/C22H23FN6O2/c1-30-12-18-16(11-29(28-18)14-5-7-25-8-6-14)13-9-15(21(24)26-10-13)22-27-20-17(23)3-2-4-19(20)31-22/h2-4,9-11,14,25H,5-8,12H2,1H3,(H2,24,26). The molecule has 0 bridgehead atoms. The average Bonchev–Trinajstić information content (AvgIpc) is 3.41. The number of nitrogens with one attached hydrogen (secondary N) is 1. The Morgan fingerprint density at radius 2 is 2.13 bits per heavy atom. The van der Waals surface area contributed by atoms with Crippen LogP contribution in [0.25, 0.3) is 33.7 Å². The zero-order chi connectivity index (χ0) is 21.4. The van der Waals surface area contributed by atoms with Crippen LogP contribution >= 0.6 is 0 Å². The van der Waals surface area contributed by atoms with Crippen molar-refractivity contribution in [2.24, 2.45) is 0 Å². The topological polar surface area (TPSA) is 104 Å². The Bertz CT molecular complexity index is 1230. The van der Waals surface area contributed by atoms with Gasteiger partial charge in [-0.25, -0.2) is 14.4 Å². The van der Waals surface area contributed by atoms with Gasteiger partial charge in [0, 0.05) is 30.6 Å². The first-order valence-electron chi connectivity index (χ1n) is 10.2. The highest BCUT2D eigenvalue weighted by atomic mass is 19.1. The third kappa shape index (κ3) is 3.66. The highest BCUT2D eigenvalue weighted by molar-refractivity contribution is 5.81. The predicted molar refractivity (Wildman–Crippen MR) is 115 cm³/mol. The minimum absolute atomic E-state index is 0.168. The van der Waals surface area contributed by atoms with Crippen molar-refractivity contribution in [3.63, 3.8) is 0 Å². The first-order chi connectivity index (χ1) is 15.1. The van der Waals surface area contributed by atoms with Crippen molar-refractivity contribution >= 4 is 16.9 Å². The Hall–Kier alpha value is -3.30. The lowest BCUT2D eigenvalue weighted by Gasteiger charge is -2.22. The van der Waals surface area contributed by atoms with Crippen molar-refractivity contribution in [1.82, 2.24) is 25.1 Å². The summed E-state index contributed by atoms with van der Waals surface area (Å²) >= 11 is 0. The molecule has 0 atom stereocenters. The molecule has 31 heavy (non-hydrogen) atoms. The zero-order valence-electron chi connectivity index (χ0n) is 17.1. The second kappa shape index (κ2) is 8.09. The summed E-state index contributed by atoms with van der Waals surface area (Å²) in [4.78, 5) is 8.65. The number of methoxy groups -OCH3 is 1. The summed E-state index contributed by atoms with van der Waals surface area (Å²) in [6.45, 7) is 2.32. The summed E-state index contributed by atoms with van der Waals surface area (Å²) < 4.78 is 27.2. The van der Waals surface area contributed by atoms with Gasteiger partial charge in [-0.1, -0.05) is 6.07 Å². The number of anilines is 1. The van der Waals surface area contributed by atoms with Crippen LogP contribution < -0.4 is 11.1 Å². The molecule has 4 heterocycles. The van der Waals surface area contributed by atoms with Crippen LogP contribution in [-0.4, -0.2) is 39.9 Å². The molecule has 160 valence electrons. The fourth-order valence-electron chi connectivity index (χ4n) is 4.00. The monoisotopic (exact) mass is 422 g/mol. The highest BCUT2D eigenvalue weighted by Gasteiger charge is 2.21. The summed E-state index contributed by atoms with van der Waals surface area (Å²) in [6, 6.07) is 6.79. The lowest BCUT2D eigenvalue weighted by Crippen LogP contribution is -2.29. The van der Waals surface area contributed by atoms with E-state index in [1.807, 2.05) is 16.9 Å². The van der Waals surface area contributed by atoms with E-state index in [1.165, 1.54) is 6.07 Å². The van der Waals surface area contributed by atoms with Crippen LogP contribution in [-0.2, 0) is 11.3 Å². The Balaban J connectivity index is 1.57. The predicted octanol–water partition coefficient (Wildman–Crippen LogP) is 3.55. The number of benzene rings is 1. The number of nitrogen functional groups attached to an aromatic ring is 1. The Kier molecular flexibility index (Phi) is 5.13. The molecule has 0 radical (unpaired) electrons. The lowest BCUT2D eigenvalue weighted by molar-refractivity contribution is 0.180. The summed E-state index contributed by atoms with van der Waals surface area (Å²) in [7, 11) is 1.65. The molecule has 0 unspecified atom stereocenters. The van der Waals surface area contributed by atoms with E-state index in [1.54, 1.807) is 25.4 Å². The highest BCUT2D eigenvalue weighted by Crippen LogP contribution is 2.34. The fourth-order valence-corrected chi connectivity index (χ4v) is 4.00. The van der Waals surface area contributed by atoms with Gasteiger partial charge in [-0.2, -0.15) is 5.10 Å². The molecular weight excluding hydrogens is 399 g/mol. The second-order valence-electron chi connectivity index (χ2n) is 7.65. The Morgan fingerprint density at radius 3 is 2.90 bits per heavy atom. The summed E-state index contributed by atoms with van der Waals surface area (Å²) in [5, 5.41) is 8.16. The molecule has 0 spiro atoms. The second-order valence-corrected chi connectivity index (χ2v) is 7.65. The molecule has 1 aliphatic rings. The molecule has 8 nitrogen and oxygen atoms in total. The maximum Gasteiger partial charge on any atom is 0.231 e. The van der Waals surface area contributed by atoms with Crippen LogP contribution in [0.1, 0.15) is 24.6 Å². The van der Waals surface area contributed by atoms with E-state index in [-0.39, 0.29) is 17.2 Å². The minimum Gasteiger partial charge on any atom is -0.436 e. The fraction of sp³-hybridized carbons (Fsp3) is 0.318. The number of hydrogen-bond acceptors (Lipinski definition) is 7. The molecule has 3 N–H and O–H groups in total. The smallest absolute Gasteiger partial charge is 0.231 e. The van der Waals surface area contributed by atoms with Crippen molar-refractivity contribution in [3.8, 4) is 22.6 Å². The van der Waals surface area contributed by atoms with Crippen molar-refractivity contribution in [1.29, 1.82) is 0 Å². The van der Waals surface area contributed by atoms with E-state index in [4.69, 9.17) is 20.0 Å². The third-order valence-electron chi connectivity index (χ3n) is 5.60. The molecule has 0 saturated carbocycles. The number of fused-ring (bicyclic) bond motifs is 1. The van der Waals surface area contributed by atoms with Crippen molar-refractivity contribution in [3.05, 3.63) is 48.2 Å². The number of aromatic nitrogens is 4. The molecule has 4 aromatic rings. The number of ether oxygens (including phenoxy) is 1. The van der Waals surface area contributed by atoms with Gasteiger partial charge >= 0.3 is 0 Å². The number of rotatable bonds is 5. The van der Waals surface area contributed by atoms with Crippen molar-refractivity contribution < 1.29 is 13.5 Å². The number of para-hydroxylation sites is 1. The number of pyridine rings is 1. The van der Waals surface area contributed by atoms with Gasteiger partial charge in [-0.15, -0.1) is 0 Å². The Morgan fingerprint density at radius 1 is 1.29 bits per heavy atom. The first-order valence-corrected chi connectivity index (χ1v) is 10.2.